The lowest BCUT2D eigenvalue weighted by Gasteiger charge is -2.21. The maximum atomic E-state index is 13.6. The monoisotopic (exact) mass is 449 g/mol. The number of Topliss-reactive ketones (excluding diaryl/α,β-unsaturated/α-hetero) is 2. The summed E-state index contributed by atoms with van der Waals surface area (Å²) >= 11 is 0. The molecule has 0 spiro atoms. The van der Waals surface area contributed by atoms with Gasteiger partial charge in [0.1, 0.15) is 11.5 Å². The van der Waals surface area contributed by atoms with Crippen LogP contribution >= 0.6 is 0 Å². The van der Waals surface area contributed by atoms with Crippen molar-refractivity contribution in [3.05, 3.63) is 75.9 Å². The number of aromatic nitrogens is 3. The first-order valence-corrected chi connectivity index (χ1v) is 10.2. The molecule has 170 valence electrons. The van der Waals surface area contributed by atoms with E-state index in [2.05, 4.69) is 20.4 Å². The summed E-state index contributed by atoms with van der Waals surface area (Å²) in [4.78, 5) is 42.0. The standard InChI is InChI=1S/C24H24FN5O3/c1-13-20(22(32)18(31)12-24(3,4)19-9-10-27-29-19)14(2)30(6)21(13)23(33)28-15-7-8-16(25)17(11-15)26-5/h7-11H,12H2,1-4,6H3,(H,27,29)(H,28,33). The van der Waals surface area contributed by atoms with Gasteiger partial charge in [-0.3, -0.25) is 19.5 Å². The second-order valence-corrected chi connectivity index (χ2v) is 8.51. The fraction of sp³-hybridized carbons (Fsp3) is 0.292. The van der Waals surface area contributed by atoms with Crippen molar-refractivity contribution in [2.24, 2.45) is 7.05 Å². The normalized spacial score (nSPS) is 11.2. The molecular formula is C24H24FN5O3. The number of carbonyl (C=O) groups is 3. The van der Waals surface area contributed by atoms with Crippen molar-refractivity contribution >= 4 is 28.8 Å². The molecule has 0 saturated carbocycles. The highest BCUT2D eigenvalue weighted by atomic mass is 19.1. The zero-order chi connectivity index (χ0) is 24.5. The molecule has 1 aromatic carbocycles. The molecule has 9 heteroatoms. The van der Waals surface area contributed by atoms with Gasteiger partial charge in [-0.1, -0.05) is 13.8 Å². The minimum atomic E-state index is -0.682. The van der Waals surface area contributed by atoms with Crippen LogP contribution in [0.4, 0.5) is 15.8 Å². The minimum absolute atomic E-state index is 0.0295. The van der Waals surface area contributed by atoms with Crippen molar-refractivity contribution in [3.8, 4) is 0 Å². The Morgan fingerprint density at radius 3 is 2.55 bits per heavy atom. The van der Waals surface area contributed by atoms with Crippen LogP contribution in [-0.4, -0.2) is 32.2 Å². The largest absolute Gasteiger partial charge is 0.343 e. The van der Waals surface area contributed by atoms with E-state index in [9.17, 15) is 18.8 Å². The molecule has 0 atom stereocenters. The smallest absolute Gasteiger partial charge is 0.272 e. The number of carbonyl (C=O) groups excluding carboxylic acids is 3. The highest BCUT2D eigenvalue weighted by Crippen LogP contribution is 2.29. The molecule has 2 aromatic heterocycles. The number of nitrogens with one attached hydrogen (secondary N) is 2. The highest BCUT2D eigenvalue weighted by molar-refractivity contribution is 6.44. The summed E-state index contributed by atoms with van der Waals surface area (Å²) in [5, 5.41) is 9.37. The van der Waals surface area contributed by atoms with E-state index in [0.29, 0.717) is 11.3 Å². The van der Waals surface area contributed by atoms with Gasteiger partial charge in [0.15, 0.2) is 0 Å². The van der Waals surface area contributed by atoms with Crippen LogP contribution in [0, 0.1) is 26.2 Å². The van der Waals surface area contributed by atoms with Crippen LogP contribution in [-0.2, 0) is 17.3 Å². The Hall–Kier alpha value is -4.06. The van der Waals surface area contributed by atoms with E-state index in [0.717, 1.165) is 11.8 Å². The molecule has 0 fully saturated rings. The van der Waals surface area contributed by atoms with Crippen LogP contribution in [0.3, 0.4) is 0 Å². The van der Waals surface area contributed by atoms with Crippen LogP contribution in [0.2, 0.25) is 0 Å². The van der Waals surface area contributed by atoms with Crippen LogP contribution in [0.25, 0.3) is 4.85 Å². The molecule has 2 heterocycles. The average molecular weight is 449 g/mol. The van der Waals surface area contributed by atoms with Crippen molar-refractivity contribution in [3.63, 3.8) is 0 Å². The van der Waals surface area contributed by atoms with Gasteiger partial charge in [-0.2, -0.15) is 5.10 Å². The van der Waals surface area contributed by atoms with Gasteiger partial charge in [-0.15, -0.1) is 0 Å². The zero-order valence-electron chi connectivity index (χ0n) is 19.0. The van der Waals surface area contributed by atoms with Crippen LogP contribution < -0.4 is 5.32 Å². The summed E-state index contributed by atoms with van der Waals surface area (Å²) in [6, 6.07) is 5.44. The Morgan fingerprint density at radius 1 is 1.24 bits per heavy atom. The number of hydrogen-bond acceptors (Lipinski definition) is 4. The maximum absolute atomic E-state index is 13.6. The Kier molecular flexibility index (Phi) is 6.31. The number of H-pyrrole nitrogens is 1. The first-order valence-electron chi connectivity index (χ1n) is 10.2. The van der Waals surface area contributed by atoms with Crippen molar-refractivity contribution in [1.29, 1.82) is 0 Å². The zero-order valence-corrected chi connectivity index (χ0v) is 19.0. The number of amides is 1. The highest BCUT2D eigenvalue weighted by Gasteiger charge is 2.33. The molecule has 1 amide bonds. The molecule has 2 N–H and O–H groups in total. The van der Waals surface area contributed by atoms with E-state index in [4.69, 9.17) is 6.57 Å². The number of rotatable bonds is 7. The molecule has 8 nitrogen and oxygen atoms in total. The topological polar surface area (TPSA) is 101 Å². The number of hydrogen-bond donors (Lipinski definition) is 2. The summed E-state index contributed by atoms with van der Waals surface area (Å²) in [6.45, 7) is 14.0. The van der Waals surface area contributed by atoms with E-state index >= 15 is 0 Å². The third-order valence-electron chi connectivity index (χ3n) is 5.78. The van der Waals surface area contributed by atoms with Gasteiger partial charge in [0.25, 0.3) is 5.91 Å². The third kappa shape index (κ3) is 4.46. The molecule has 0 radical (unpaired) electrons. The lowest BCUT2D eigenvalue weighted by Crippen LogP contribution is -2.27. The number of halogens is 1. The number of ketones is 2. The van der Waals surface area contributed by atoms with E-state index in [1.807, 2.05) is 13.8 Å². The van der Waals surface area contributed by atoms with Crippen LogP contribution in [0.1, 0.15) is 58.1 Å². The Bertz CT molecular complexity index is 1300. The van der Waals surface area contributed by atoms with E-state index in [1.54, 1.807) is 37.7 Å². The second-order valence-electron chi connectivity index (χ2n) is 8.51. The van der Waals surface area contributed by atoms with Crippen molar-refractivity contribution in [2.45, 2.75) is 39.5 Å². The van der Waals surface area contributed by atoms with Gasteiger partial charge < -0.3 is 9.88 Å². The number of nitrogens with zero attached hydrogens (tertiary/aromatic N) is 3. The van der Waals surface area contributed by atoms with Crippen molar-refractivity contribution < 1.29 is 18.8 Å². The summed E-state index contributed by atoms with van der Waals surface area (Å²) in [6.07, 6.45) is 1.56. The van der Waals surface area contributed by atoms with Crippen molar-refractivity contribution in [1.82, 2.24) is 14.8 Å². The summed E-state index contributed by atoms with van der Waals surface area (Å²) in [7, 11) is 1.63. The summed E-state index contributed by atoms with van der Waals surface area (Å²) in [5.74, 6) is -2.45. The quantitative estimate of drug-likeness (QED) is 0.317. The number of aromatic amines is 1. The summed E-state index contributed by atoms with van der Waals surface area (Å²) < 4.78 is 15.1. The van der Waals surface area contributed by atoms with E-state index in [1.165, 1.54) is 12.1 Å². The molecule has 0 unspecified atom stereocenters. The predicted molar refractivity (Wildman–Crippen MR) is 121 cm³/mol. The molecule has 0 bridgehead atoms. The van der Waals surface area contributed by atoms with Gasteiger partial charge in [-0.25, -0.2) is 9.24 Å². The molecule has 33 heavy (non-hydrogen) atoms. The first-order chi connectivity index (χ1) is 15.5. The van der Waals surface area contributed by atoms with Gasteiger partial charge in [0, 0.05) is 42.2 Å². The third-order valence-corrected chi connectivity index (χ3v) is 5.78. The average Bonchev–Trinajstić information content (AvgIpc) is 3.37. The predicted octanol–water partition coefficient (Wildman–Crippen LogP) is 4.43. The fourth-order valence-corrected chi connectivity index (χ4v) is 3.85. The van der Waals surface area contributed by atoms with Gasteiger partial charge >= 0.3 is 0 Å². The van der Waals surface area contributed by atoms with Crippen LogP contribution in [0.15, 0.2) is 30.5 Å². The van der Waals surface area contributed by atoms with Gasteiger partial charge in [-0.05, 0) is 43.7 Å². The Labute approximate surface area is 190 Å². The van der Waals surface area contributed by atoms with E-state index in [-0.39, 0.29) is 29.1 Å². The van der Waals surface area contributed by atoms with Crippen molar-refractivity contribution in [2.75, 3.05) is 5.32 Å². The molecule has 0 aliphatic heterocycles. The molecule has 0 aliphatic carbocycles. The maximum Gasteiger partial charge on any atom is 0.272 e. The fourth-order valence-electron chi connectivity index (χ4n) is 3.85. The SMILES string of the molecule is [C-]#[N+]c1cc(NC(=O)c2c(C)c(C(=O)C(=O)CC(C)(C)c3ccn[nH]3)c(C)n2C)ccc1F. The lowest BCUT2D eigenvalue weighted by atomic mass is 9.82. The molecule has 0 aliphatic rings. The molecule has 0 saturated heterocycles. The van der Waals surface area contributed by atoms with Crippen LogP contribution in [0.5, 0.6) is 0 Å². The molecule has 3 aromatic rings. The summed E-state index contributed by atoms with van der Waals surface area (Å²) in [5.41, 5.74) is 1.39. The second kappa shape index (κ2) is 8.82. The number of benzene rings is 1. The van der Waals surface area contributed by atoms with E-state index < -0.39 is 28.7 Å². The minimum Gasteiger partial charge on any atom is -0.343 e. The van der Waals surface area contributed by atoms with Gasteiger partial charge in [0.05, 0.1) is 12.1 Å². The van der Waals surface area contributed by atoms with Gasteiger partial charge in [0.2, 0.25) is 17.3 Å². The lowest BCUT2D eigenvalue weighted by molar-refractivity contribution is -0.116. The number of anilines is 1. The Balaban J connectivity index is 1.88. The first kappa shape index (κ1) is 23.6. The Morgan fingerprint density at radius 2 is 1.94 bits per heavy atom. The molecule has 3 rings (SSSR count). The molecular weight excluding hydrogens is 425 g/mol.